The second-order valence-corrected chi connectivity index (χ2v) is 6.47. The summed E-state index contributed by atoms with van der Waals surface area (Å²) in [6, 6.07) is 13.7. The quantitative estimate of drug-likeness (QED) is 0.460. The molecule has 0 bridgehead atoms. The van der Waals surface area contributed by atoms with Gasteiger partial charge in [-0.2, -0.15) is 18.3 Å². The van der Waals surface area contributed by atoms with Crippen molar-refractivity contribution in [3.8, 4) is 16.9 Å². The van der Waals surface area contributed by atoms with E-state index in [4.69, 9.17) is 4.74 Å². The van der Waals surface area contributed by atoms with Crippen molar-refractivity contribution in [1.29, 1.82) is 0 Å². The topological polar surface area (TPSA) is 44.1 Å². The van der Waals surface area contributed by atoms with Crippen molar-refractivity contribution < 1.29 is 22.7 Å². The van der Waals surface area contributed by atoms with E-state index in [2.05, 4.69) is 5.10 Å². The van der Waals surface area contributed by atoms with Gasteiger partial charge >= 0.3 is 12.1 Å². The number of hydrogen-bond acceptors (Lipinski definition) is 4. The van der Waals surface area contributed by atoms with Crippen LogP contribution in [0.25, 0.3) is 16.9 Å². The third-order valence-electron chi connectivity index (χ3n) is 3.93. The first-order valence-electron chi connectivity index (χ1n) is 7.84. The van der Waals surface area contributed by atoms with Gasteiger partial charge in [0.25, 0.3) is 0 Å². The highest BCUT2D eigenvalue weighted by molar-refractivity contribution is 7.98. The lowest BCUT2D eigenvalue weighted by molar-refractivity contribution is -0.137. The number of thioether (sulfide) groups is 1. The Balaban J connectivity index is 2.10. The molecule has 0 fully saturated rings. The Bertz CT molecular complexity index is 949. The molecule has 3 rings (SSSR count). The molecular weight excluding hydrogens is 377 g/mol. The molecule has 2 aromatic carbocycles. The van der Waals surface area contributed by atoms with Gasteiger partial charge in [0.05, 0.1) is 24.1 Å². The fraction of sp³-hybridized carbons (Fsp3) is 0.158. The molecule has 27 heavy (non-hydrogen) atoms. The zero-order chi connectivity index (χ0) is 19.6. The molecule has 1 aromatic heterocycles. The first-order chi connectivity index (χ1) is 12.8. The van der Waals surface area contributed by atoms with Crippen LogP contribution in [0.2, 0.25) is 0 Å². The molecule has 0 radical (unpaired) electrons. The van der Waals surface area contributed by atoms with E-state index in [0.717, 1.165) is 22.6 Å². The van der Waals surface area contributed by atoms with Crippen LogP contribution in [0, 0.1) is 0 Å². The fourth-order valence-corrected chi connectivity index (χ4v) is 2.95. The van der Waals surface area contributed by atoms with E-state index in [0.29, 0.717) is 11.4 Å². The Morgan fingerprint density at radius 1 is 1.07 bits per heavy atom. The van der Waals surface area contributed by atoms with Crippen LogP contribution in [-0.4, -0.2) is 29.1 Å². The summed E-state index contributed by atoms with van der Waals surface area (Å²) in [7, 11) is 1.24. The van der Waals surface area contributed by atoms with Crippen LogP contribution in [0.1, 0.15) is 16.1 Å². The monoisotopic (exact) mass is 392 g/mol. The summed E-state index contributed by atoms with van der Waals surface area (Å²) < 4.78 is 44.6. The van der Waals surface area contributed by atoms with E-state index in [1.54, 1.807) is 17.8 Å². The van der Waals surface area contributed by atoms with Gasteiger partial charge in [-0.05, 0) is 48.7 Å². The molecule has 0 aliphatic rings. The molecule has 0 aliphatic carbocycles. The number of ether oxygens (including phenoxy) is 1. The molecule has 0 aliphatic heterocycles. The van der Waals surface area contributed by atoms with E-state index in [1.807, 2.05) is 30.5 Å². The van der Waals surface area contributed by atoms with Gasteiger partial charge in [-0.25, -0.2) is 9.48 Å². The Morgan fingerprint density at radius 3 is 2.22 bits per heavy atom. The van der Waals surface area contributed by atoms with Crippen LogP contribution in [0.15, 0.2) is 59.5 Å². The van der Waals surface area contributed by atoms with Crippen LogP contribution >= 0.6 is 11.8 Å². The second kappa shape index (κ2) is 7.48. The summed E-state index contributed by atoms with van der Waals surface area (Å²) in [5.74, 6) is -0.623. The van der Waals surface area contributed by atoms with Crippen molar-refractivity contribution in [2.24, 2.45) is 0 Å². The molecule has 0 atom stereocenters. The maximum absolute atomic E-state index is 12.8. The molecular formula is C19H15F3N2O2S. The maximum atomic E-state index is 12.8. The fourth-order valence-electron chi connectivity index (χ4n) is 2.54. The number of carbonyl (C=O) groups excluding carboxylic acids is 1. The van der Waals surface area contributed by atoms with E-state index in [1.165, 1.54) is 23.9 Å². The van der Waals surface area contributed by atoms with Gasteiger partial charge in [-0.1, -0.05) is 12.1 Å². The van der Waals surface area contributed by atoms with Crippen molar-refractivity contribution in [3.05, 3.63) is 65.9 Å². The Labute approximate surface area is 158 Å². The zero-order valence-corrected chi connectivity index (χ0v) is 15.3. The van der Waals surface area contributed by atoms with E-state index in [9.17, 15) is 18.0 Å². The lowest BCUT2D eigenvalue weighted by Crippen LogP contribution is -2.07. The van der Waals surface area contributed by atoms with E-state index < -0.39 is 17.7 Å². The number of aromatic nitrogens is 2. The highest BCUT2D eigenvalue weighted by atomic mass is 32.2. The predicted molar refractivity (Wildman–Crippen MR) is 97.1 cm³/mol. The van der Waals surface area contributed by atoms with Crippen LogP contribution in [-0.2, 0) is 10.9 Å². The van der Waals surface area contributed by atoms with Crippen LogP contribution in [0.5, 0.6) is 0 Å². The minimum atomic E-state index is -4.42. The van der Waals surface area contributed by atoms with Gasteiger partial charge in [-0.3, -0.25) is 0 Å². The zero-order valence-electron chi connectivity index (χ0n) is 14.4. The molecule has 8 heteroatoms. The summed E-state index contributed by atoms with van der Waals surface area (Å²) in [6.45, 7) is 0. The number of alkyl halides is 3. The minimum Gasteiger partial charge on any atom is -0.464 e. The normalized spacial score (nSPS) is 11.4. The van der Waals surface area contributed by atoms with Crippen LogP contribution in [0.4, 0.5) is 13.2 Å². The highest BCUT2D eigenvalue weighted by Gasteiger charge is 2.30. The summed E-state index contributed by atoms with van der Waals surface area (Å²) in [5, 5.41) is 4.22. The largest absolute Gasteiger partial charge is 0.464 e. The van der Waals surface area contributed by atoms with Gasteiger partial charge in [0.1, 0.15) is 0 Å². The van der Waals surface area contributed by atoms with Crippen LogP contribution in [0.3, 0.4) is 0 Å². The number of esters is 1. The molecule has 140 valence electrons. The average Bonchev–Trinajstić information content (AvgIpc) is 3.12. The minimum absolute atomic E-state index is 0.0707. The van der Waals surface area contributed by atoms with Gasteiger partial charge in [0, 0.05) is 10.5 Å². The Morgan fingerprint density at radius 2 is 1.70 bits per heavy atom. The molecule has 3 aromatic rings. The number of rotatable bonds is 4. The Kier molecular flexibility index (Phi) is 5.27. The number of methoxy groups -OCH3 is 1. The standard InChI is InChI=1S/C19H15F3N2O2S/c1-26-18(25)16-11-17(12-3-9-15(27-2)10-4-12)24(23-16)14-7-5-13(6-8-14)19(20,21)22/h3-11H,1-2H3. The SMILES string of the molecule is COC(=O)c1cc(-c2ccc(SC)cc2)n(-c2ccc(C(F)(F)F)cc2)n1. The summed E-state index contributed by atoms with van der Waals surface area (Å²) in [5.41, 5.74) is 1.07. The van der Waals surface area contributed by atoms with Crippen molar-refractivity contribution in [3.63, 3.8) is 0 Å². The molecule has 0 saturated carbocycles. The Hall–Kier alpha value is -2.74. The van der Waals surface area contributed by atoms with Gasteiger partial charge in [0.2, 0.25) is 0 Å². The average molecular weight is 392 g/mol. The van der Waals surface area contributed by atoms with Gasteiger partial charge < -0.3 is 4.74 Å². The highest BCUT2D eigenvalue weighted by Crippen LogP contribution is 2.31. The van der Waals surface area contributed by atoms with Crippen LogP contribution < -0.4 is 0 Å². The van der Waals surface area contributed by atoms with E-state index >= 15 is 0 Å². The second-order valence-electron chi connectivity index (χ2n) is 5.59. The lowest BCUT2D eigenvalue weighted by Gasteiger charge is -2.10. The van der Waals surface area contributed by atoms with Gasteiger partial charge in [-0.15, -0.1) is 11.8 Å². The number of carbonyl (C=O) groups is 1. The molecule has 0 saturated heterocycles. The smallest absolute Gasteiger partial charge is 0.416 e. The van der Waals surface area contributed by atoms with Crippen molar-refractivity contribution >= 4 is 17.7 Å². The number of nitrogens with zero attached hydrogens (tertiary/aromatic N) is 2. The molecule has 4 nitrogen and oxygen atoms in total. The van der Waals surface area contributed by atoms with Crippen molar-refractivity contribution in [2.75, 3.05) is 13.4 Å². The number of benzene rings is 2. The third kappa shape index (κ3) is 4.00. The lowest BCUT2D eigenvalue weighted by atomic mass is 10.1. The number of hydrogen-bond donors (Lipinski definition) is 0. The van der Waals surface area contributed by atoms with E-state index in [-0.39, 0.29) is 5.69 Å². The molecule has 0 amide bonds. The maximum Gasteiger partial charge on any atom is 0.416 e. The molecule has 0 spiro atoms. The third-order valence-corrected chi connectivity index (χ3v) is 4.67. The first kappa shape index (κ1) is 19.0. The molecule has 0 unspecified atom stereocenters. The molecule has 0 N–H and O–H groups in total. The predicted octanol–water partition coefficient (Wildman–Crippen LogP) is 5.07. The van der Waals surface area contributed by atoms with Crippen molar-refractivity contribution in [1.82, 2.24) is 9.78 Å². The number of halogens is 3. The summed E-state index contributed by atoms with van der Waals surface area (Å²) >= 11 is 1.59. The van der Waals surface area contributed by atoms with Crippen molar-refractivity contribution in [2.45, 2.75) is 11.1 Å². The summed E-state index contributed by atoms with van der Waals surface area (Å²) in [6.07, 6.45) is -2.47. The first-order valence-corrected chi connectivity index (χ1v) is 9.06. The summed E-state index contributed by atoms with van der Waals surface area (Å²) in [4.78, 5) is 12.9. The van der Waals surface area contributed by atoms with Gasteiger partial charge in [0.15, 0.2) is 5.69 Å². The molecule has 1 heterocycles.